The first-order valence-corrected chi connectivity index (χ1v) is 12.2. The molecule has 4 aromatic rings. The molecule has 1 fully saturated rings. The average molecular weight is 506 g/mol. The number of rotatable bonds is 6. The molecule has 0 unspecified atom stereocenters. The summed E-state index contributed by atoms with van der Waals surface area (Å²) in [6.45, 7) is 1.54. The Hall–Kier alpha value is -3.68. The van der Waals surface area contributed by atoms with E-state index in [9.17, 15) is 14.3 Å². The van der Waals surface area contributed by atoms with E-state index in [0.717, 1.165) is 24.0 Å². The summed E-state index contributed by atoms with van der Waals surface area (Å²) in [5.41, 5.74) is 2.59. The van der Waals surface area contributed by atoms with Crippen LogP contribution >= 0.6 is 11.6 Å². The van der Waals surface area contributed by atoms with E-state index in [1.807, 2.05) is 12.1 Å². The molecule has 0 saturated carbocycles. The number of aromatic nitrogens is 2. The first-order valence-electron chi connectivity index (χ1n) is 11.8. The summed E-state index contributed by atoms with van der Waals surface area (Å²) >= 11 is 6.02. The number of piperidine rings is 1. The van der Waals surface area contributed by atoms with Gasteiger partial charge < -0.3 is 14.7 Å². The highest BCUT2D eigenvalue weighted by Gasteiger charge is 2.24. The van der Waals surface area contributed by atoms with Gasteiger partial charge >= 0.3 is 5.56 Å². The summed E-state index contributed by atoms with van der Waals surface area (Å²) < 4.78 is 20.8. The number of halogens is 2. The van der Waals surface area contributed by atoms with Crippen LogP contribution in [0.15, 0.2) is 83.8 Å². The van der Waals surface area contributed by atoms with Crippen molar-refractivity contribution in [3.63, 3.8) is 0 Å². The Labute approximate surface area is 213 Å². The highest BCUT2D eigenvalue weighted by Crippen LogP contribution is 2.33. The highest BCUT2D eigenvalue weighted by atomic mass is 35.5. The fourth-order valence-corrected chi connectivity index (χ4v) is 4.47. The average Bonchev–Trinajstić information content (AvgIpc) is 2.91. The fourth-order valence-electron chi connectivity index (χ4n) is 4.35. The molecule has 0 amide bonds. The molecule has 1 aromatic heterocycles. The lowest BCUT2D eigenvalue weighted by molar-refractivity contribution is 0.203. The first kappa shape index (κ1) is 24.0. The molecule has 2 heterocycles. The molecule has 6 nitrogen and oxygen atoms in total. The quantitative estimate of drug-likeness (QED) is 0.364. The van der Waals surface area contributed by atoms with Gasteiger partial charge in [0.15, 0.2) is 0 Å². The smallest absolute Gasteiger partial charge is 0.316 e. The lowest BCUT2D eigenvalue weighted by atomic mass is 9.97. The summed E-state index contributed by atoms with van der Waals surface area (Å²) in [5.74, 6) is 0.645. The Balaban J connectivity index is 1.49. The standard InChI is InChI=1S/C28H25ClFN3O3/c29-22-5-9-24(10-6-22)33-28(35)27(26(17-31-33)32-15-13-19(18-34)14-16-32)36-25-11-3-21(4-12-25)20-1-7-23(30)8-2-20/h1-12,17,19,34H,13-16,18H2. The summed E-state index contributed by atoms with van der Waals surface area (Å²) in [6, 6.07) is 20.4. The molecule has 36 heavy (non-hydrogen) atoms. The van der Waals surface area contributed by atoms with Gasteiger partial charge in [-0.2, -0.15) is 9.78 Å². The predicted octanol–water partition coefficient (Wildman–Crippen LogP) is 5.69. The molecule has 184 valence electrons. The van der Waals surface area contributed by atoms with Crippen molar-refractivity contribution in [3.8, 4) is 28.3 Å². The van der Waals surface area contributed by atoms with Gasteiger partial charge in [0.2, 0.25) is 5.75 Å². The fraction of sp³-hybridized carbons (Fsp3) is 0.214. The third-order valence-corrected chi connectivity index (χ3v) is 6.70. The molecule has 3 aromatic carbocycles. The van der Waals surface area contributed by atoms with Crippen molar-refractivity contribution in [2.24, 2.45) is 5.92 Å². The molecule has 1 saturated heterocycles. The Morgan fingerprint density at radius 1 is 0.944 bits per heavy atom. The zero-order valence-corrected chi connectivity index (χ0v) is 20.2. The molecule has 0 spiro atoms. The molecule has 5 rings (SSSR count). The Kier molecular flexibility index (Phi) is 7.02. The number of anilines is 1. The van der Waals surface area contributed by atoms with Crippen LogP contribution in [-0.4, -0.2) is 34.6 Å². The van der Waals surface area contributed by atoms with Crippen LogP contribution < -0.4 is 15.2 Å². The van der Waals surface area contributed by atoms with Gasteiger partial charge in [0.1, 0.15) is 17.3 Å². The molecule has 1 N–H and O–H groups in total. The van der Waals surface area contributed by atoms with Crippen molar-refractivity contribution >= 4 is 17.3 Å². The minimum Gasteiger partial charge on any atom is -0.449 e. The number of ether oxygens (including phenoxy) is 1. The van der Waals surface area contributed by atoms with E-state index in [2.05, 4.69) is 10.00 Å². The molecule has 1 aliphatic heterocycles. The van der Waals surface area contributed by atoms with E-state index in [1.54, 1.807) is 54.7 Å². The Morgan fingerprint density at radius 3 is 2.17 bits per heavy atom. The van der Waals surface area contributed by atoms with Crippen molar-refractivity contribution in [3.05, 3.63) is 100 Å². The second-order valence-electron chi connectivity index (χ2n) is 8.80. The van der Waals surface area contributed by atoms with Gasteiger partial charge in [-0.05, 0) is 78.4 Å². The summed E-state index contributed by atoms with van der Waals surface area (Å²) in [5, 5.41) is 14.5. The maximum Gasteiger partial charge on any atom is 0.316 e. The third-order valence-electron chi connectivity index (χ3n) is 6.45. The van der Waals surface area contributed by atoms with Crippen LogP contribution in [-0.2, 0) is 0 Å². The van der Waals surface area contributed by atoms with Crippen molar-refractivity contribution in [1.29, 1.82) is 0 Å². The second kappa shape index (κ2) is 10.5. The SMILES string of the molecule is O=c1c(Oc2ccc(-c3ccc(F)cc3)cc2)c(N2CCC(CO)CC2)cnn1-c1ccc(Cl)cc1. The molecule has 0 radical (unpaired) electrons. The van der Waals surface area contributed by atoms with Gasteiger partial charge in [-0.1, -0.05) is 35.9 Å². The van der Waals surface area contributed by atoms with E-state index in [4.69, 9.17) is 16.3 Å². The van der Waals surface area contributed by atoms with Crippen LogP contribution in [0.1, 0.15) is 12.8 Å². The Bertz CT molecular complexity index is 1380. The van der Waals surface area contributed by atoms with Crippen molar-refractivity contribution in [2.75, 3.05) is 24.6 Å². The molecule has 0 bridgehead atoms. The van der Waals surface area contributed by atoms with E-state index in [-0.39, 0.29) is 29.7 Å². The molecular weight excluding hydrogens is 481 g/mol. The van der Waals surface area contributed by atoms with E-state index >= 15 is 0 Å². The molecular formula is C28H25ClFN3O3. The molecule has 8 heteroatoms. The van der Waals surface area contributed by atoms with Crippen LogP contribution in [0.5, 0.6) is 11.5 Å². The first-order chi connectivity index (χ1) is 17.5. The van der Waals surface area contributed by atoms with Crippen molar-refractivity contribution in [2.45, 2.75) is 12.8 Å². The number of hydrogen-bond donors (Lipinski definition) is 1. The van der Waals surface area contributed by atoms with E-state index in [1.165, 1.54) is 16.8 Å². The summed E-state index contributed by atoms with van der Waals surface area (Å²) in [4.78, 5) is 15.7. The minimum atomic E-state index is -0.387. The predicted molar refractivity (Wildman–Crippen MR) is 139 cm³/mol. The second-order valence-corrected chi connectivity index (χ2v) is 9.24. The summed E-state index contributed by atoms with van der Waals surface area (Å²) in [6.07, 6.45) is 3.29. The largest absolute Gasteiger partial charge is 0.449 e. The van der Waals surface area contributed by atoms with Gasteiger partial charge in [0, 0.05) is 24.7 Å². The summed E-state index contributed by atoms with van der Waals surface area (Å²) in [7, 11) is 0. The monoisotopic (exact) mass is 505 g/mol. The van der Waals surface area contributed by atoms with Crippen LogP contribution in [0, 0.1) is 11.7 Å². The number of nitrogens with zero attached hydrogens (tertiary/aromatic N) is 3. The molecule has 0 aliphatic carbocycles. The Morgan fingerprint density at radius 2 is 1.56 bits per heavy atom. The molecule has 1 aliphatic rings. The van der Waals surface area contributed by atoms with Gasteiger partial charge in [-0.25, -0.2) is 4.39 Å². The number of benzene rings is 3. The number of aliphatic hydroxyl groups excluding tert-OH is 1. The minimum absolute atomic E-state index is 0.161. The zero-order chi connectivity index (χ0) is 25.1. The maximum absolute atomic E-state index is 13.6. The van der Waals surface area contributed by atoms with Crippen LogP contribution in [0.4, 0.5) is 10.1 Å². The number of hydrogen-bond acceptors (Lipinski definition) is 5. The zero-order valence-electron chi connectivity index (χ0n) is 19.5. The van der Waals surface area contributed by atoms with Gasteiger partial charge in [-0.3, -0.25) is 4.79 Å². The van der Waals surface area contributed by atoms with E-state index < -0.39 is 0 Å². The topological polar surface area (TPSA) is 67.6 Å². The van der Waals surface area contributed by atoms with E-state index in [0.29, 0.717) is 35.2 Å². The van der Waals surface area contributed by atoms with Crippen molar-refractivity contribution in [1.82, 2.24) is 9.78 Å². The lowest BCUT2D eigenvalue weighted by Gasteiger charge is -2.33. The maximum atomic E-state index is 13.6. The number of aliphatic hydroxyl groups is 1. The van der Waals surface area contributed by atoms with Crippen molar-refractivity contribution < 1.29 is 14.2 Å². The normalized spacial score (nSPS) is 14.1. The third kappa shape index (κ3) is 5.12. The van der Waals surface area contributed by atoms with Crippen LogP contribution in [0.25, 0.3) is 16.8 Å². The van der Waals surface area contributed by atoms with Gasteiger partial charge in [0.25, 0.3) is 0 Å². The van der Waals surface area contributed by atoms with Crippen LogP contribution in [0.3, 0.4) is 0 Å². The lowest BCUT2D eigenvalue weighted by Crippen LogP contribution is -2.36. The van der Waals surface area contributed by atoms with Crippen LogP contribution in [0.2, 0.25) is 5.02 Å². The molecule has 0 atom stereocenters. The van der Waals surface area contributed by atoms with Gasteiger partial charge in [0.05, 0.1) is 11.9 Å². The van der Waals surface area contributed by atoms with Gasteiger partial charge in [-0.15, -0.1) is 0 Å². The highest BCUT2D eigenvalue weighted by molar-refractivity contribution is 6.30.